The lowest BCUT2D eigenvalue weighted by molar-refractivity contribution is 0.179. The van der Waals surface area contributed by atoms with Crippen LogP contribution in [-0.2, 0) is 15.5 Å². The van der Waals surface area contributed by atoms with E-state index in [4.69, 9.17) is 4.74 Å². The van der Waals surface area contributed by atoms with Gasteiger partial charge in [-0.3, -0.25) is 4.21 Å². The molecule has 3 nitrogen and oxygen atoms in total. The zero-order chi connectivity index (χ0) is 12.8. The third-order valence-corrected chi connectivity index (χ3v) is 5.76. The molecule has 0 aromatic rings. The highest BCUT2D eigenvalue weighted by molar-refractivity contribution is 7.85. The van der Waals surface area contributed by atoms with Gasteiger partial charge in [-0.1, -0.05) is 27.7 Å². The number of hydrogen-bond acceptors (Lipinski definition) is 3. The minimum Gasteiger partial charge on any atom is -0.381 e. The zero-order valence-electron chi connectivity index (χ0n) is 11.6. The van der Waals surface area contributed by atoms with Gasteiger partial charge in [0.15, 0.2) is 0 Å². The average Bonchev–Trinajstić information content (AvgIpc) is 2.80. The maximum Gasteiger partial charge on any atom is 0.0510 e. The van der Waals surface area contributed by atoms with Gasteiger partial charge in [-0.15, -0.1) is 0 Å². The van der Waals surface area contributed by atoms with Gasteiger partial charge in [0.2, 0.25) is 0 Å². The molecule has 0 saturated carbocycles. The molecule has 0 aliphatic carbocycles. The van der Waals surface area contributed by atoms with Gasteiger partial charge in [0.1, 0.15) is 0 Å². The molecule has 102 valence electrons. The van der Waals surface area contributed by atoms with E-state index < -0.39 is 10.8 Å². The van der Waals surface area contributed by atoms with Gasteiger partial charge >= 0.3 is 0 Å². The Hall–Kier alpha value is 0.0700. The van der Waals surface area contributed by atoms with Crippen LogP contribution in [0, 0.1) is 11.8 Å². The summed E-state index contributed by atoms with van der Waals surface area (Å²) in [4.78, 5) is 0. The maximum atomic E-state index is 12.3. The van der Waals surface area contributed by atoms with Gasteiger partial charge in [-0.05, 0) is 18.9 Å². The van der Waals surface area contributed by atoms with Crippen LogP contribution in [-0.4, -0.2) is 41.0 Å². The topological polar surface area (TPSA) is 38.3 Å². The van der Waals surface area contributed by atoms with E-state index in [0.29, 0.717) is 17.9 Å². The van der Waals surface area contributed by atoms with E-state index in [0.717, 1.165) is 31.9 Å². The Morgan fingerprint density at radius 1 is 1.41 bits per heavy atom. The van der Waals surface area contributed by atoms with Crippen molar-refractivity contribution in [3.8, 4) is 0 Å². The van der Waals surface area contributed by atoms with Crippen molar-refractivity contribution >= 4 is 10.8 Å². The van der Waals surface area contributed by atoms with Gasteiger partial charge in [-0.25, -0.2) is 0 Å². The normalized spacial score (nSPS) is 26.1. The molecule has 0 amide bonds. The Morgan fingerprint density at radius 2 is 2.12 bits per heavy atom. The van der Waals surface area contributed by atoms with Crippen molar-refractivity contribution in [3.63, 3.8) is 0 Å². The standard InChI is InChI=1S/C13H27NO2S/c1-5-14-13(12-6-7-16-8-12)9-17(15)11(4)10(2)3/h10-14H,5-9H2,1-4H3. The molecule has 0 aromatic carbocycles. The fourth-order valence-electron chi connectivity index (χ4n) is 2.13. The highest BCUT2D eigenvalue weighted by atomic mass is 32.2. The first kappa shape index (κ1) is 15.1. The first-order valence-electron chi connectivity index (χ1n) is 6.74. The second-order valence-electron chi connectivity index (χ2n) is 5.28. The van der Waals surface area contributed by atoms with Crippen molar-refractivity contribution in [1.82, 2.24) is 5.32 Å². The largest absolute Gasteiger partial charge is 0.381 e. The summed E-state index contributed by atoms with van der Waals surface area (Å²) in [6.07, 6.45) is 1.10. The Kier molecular flexibility index (Phi) is 6.67. The van der Waals surface area contributed by atoms with Gasteiger partial charge in [0, 0.05) is 40.4 Å². The molecular formula is C13H27NO2S. The van der Waals surface area contributed by atoms with Gasteiger partial charge in [0.05, 0.1) is 6.61 Å². The van der Waals surface area contributed by atoms with E-state index in [1.54, 1.807) is 0 Å². The number of ether oxygens (including phenoxy) is 1. The van der Waals surface area contributed by atoms with Crippen molar-refractivity contribution in [2.24, 2.45) is 11.8 Å². The minimum absolute atomic E-state index is 0.276. The molecule has 1 aliphatic rings. The fourth-order valence-corrected chi connectivity index (χ4v) is 3.78. The molecule has 0 spiro atoms. The molecular weight excluding hydrogens is 234 g/mol. The number of hydrogen-bond donors (Lipinski definition) is 1. The van der Waals surface area contributed by atoms with E-state index >= 15 is 0 Å². The summed E-state index contributed by atoms with van der Waals surface area (Å²) in [5.74, 6) is 1.79. The van der Waals surface area contributed by atoms with Gasteiger partial charge in [-0.2, -0.15) is 0 Å². The number of rotatable bonds is 7. The Labute approximate surface area is 108 Å². The molecule has 4 unspecified atom stereocenters. The Morgan fingerprint density at radius 3 is 2.59 bits per heavy atom. The van der Waals surface area contributed by atoms with Gasteiger partial charge in [0.25, 0.3) is 0 Å². The van der Waals surface area contributed by atoms with Crippen molar-refractivity contribution in [3.05, 3.63) is 0 Å². The second kappa shape index (κ2) is 7.49. The summed E-state index contributed by atoms with van der Waals surface area (Å²) in [7, 11) is -0.741. The lowest BCUT2D eigenvalue weighted by Crippen LogP contribution is -2.42. The van der Waals surface area contributed by atoms with Crippen LogP contribution in [0.1, 0.15) is 34.1 Å². The quantitative estimate of drug-likeness (QED) is 0.759. The van der Waals surface area contributed by atoms with Crippen LogP contribution < -0.4 is 5.32 Å². The highest BCUT2D eigenvalue weighted by Gasteiger charge is 2.28. The summed E-state index contributed by atoms with van der Waals surface area (Å²) in [6, 6.07) is 0.351. The van der Waals surface area contributed by atoms with Crippen LogP contribution in [0.5, 0.6) is 0 Å². The Balaban J connectivity index is 2.50. The molecule has 1 saturated heterocycles. The molecule has 1 fully saturated rings. The van der Waals surface area contributed by atoms with Crippen LogP contribution in [0.25, 0.3) is 0 Å². The molecule has 0 aromatic heterocycles. The average molecular weight is 261 g/mol. The van der Waals surface area contributed by atoms with Crippen LogP contribution in [0.2, 0.25) is 0 Å². The first-order chi connectivity index (χ1) is 8.06. The van der Waals surface area contributed by atoms with E-state index in [-0.39, 0.29) is 5.25 Å². The zero-order valence-corrected chi connectivity index (χ0v) is 12.4. The van der Waals surface area contributed by atoms with Crippen LogP contribution in [0.15, 0.2) is 0 Å². The molecule has 17 heavy (non-hydrogen) atoms. The molecule has 1 rings (SSSR count). The van der Waals surface area contributed by atoms with Crippen molar-refractivity contribution in [1.29, 1.82) is 0 Å². The summed E-state index contributed by atoms with van der Waals surface area (Å²) in [5, 5.41) is 3.75. The molecule has 0 radical (unpaired) electrons. The molecule has 1 N–H and O–H groups in total. The van der Waals surface area contributed by atoms with Crippen LogP contribution in [0.3, 0.4) is 0 Å². The second-order valence-corrected chi connectivity index (χ2v) is 7.12. The summed E-state index contributed by atoms with van der Waals surface area (Å²) in [5.41, 5.74) is 0. The molecule has 1 heterocycles. The van der Waals surface area contributed by atoms with E-state index in [2.05, 4.69) is 33.0 Å². The first-order valence-corrected chi connectivity index (χ1v) is 8.12. The molecule has 1 aliphatic heterocycles. The smallest absolute Gasteiger partial charge is 0.0510 e. The van der Waals surface area contributed by atoms with Crippen LogP contribution in [0.4, 0.5) is 0 Å². The van der Waals surface area contributed by atoms with Crippen molar-refractivity contribution in [2.75, 3.05) is 25.5 Å². The fraction of sp³-hybridized carbons (Fsp3) is 1.00. The molecule has 4 heteroatoms. The number of nitrogens with one attached hydrogen (secondary N) is 1. The van der Waals surface area contributed by atoms with Gasteiger partial charge < -0.3 is 10.1 Å². The van der Waals surface area contributed by atoms with Crippen LogP contribution >= 0.6 is 0 Å². The van der Waals surface area contributed by atoms with Crippen molar-refractivity contribution in [2.45, 2.75) is 45.4 Å². The summed E-state index contributed by atoms with van der Waals surface area (Å²) in [6.45, 7) is 11.1. The Bertz CT molecular complexity index is 240. The monoisotopic (exact) mass is 261 g/mol. The SMILES string of the molecule is CCNC(CS(=O)C(C)C(C)C)C1CCOC1. The third-order valence-electron chi connectivity index (χ3n) is 3.70. The maximum absolute atomic E-state index is 12.3. The highest BCUT2D eigenvalue weighted by Crippen LogP contribution is 2.19. The predicted molar refractivity (Wildman–Crippen MR) is 73.7 cm³/mol. The summed E-state index contributed by atoms with van der Waals surface area (Å²) >= 11 is 0. The van der Waals surface area contributed by atoms with E-state index in [1.165, 1.54) is 0 Å². The third kappa shape index (κ3) is 4.68. The van der Waals surface area contributed by atoms with E-state index in [1.807, 2.05) is 0 Å². The van der Waals surface area contributed by atoms with E-state index in [9.17, 15) is 4.21 Å². The molecule has 4 atom stereocenters. The summed E-state index contributed by atoms with van der Waals surface area (Å²) < 4.78 is 17.7. The molecule has 0 bridgehead atoms. The predicted octanol–water partition coefficient (Wildman–Crippen LogP) is 1.79. The lowest BCUT2D eigenvalue weighted by Gasteiger charge is -2.25. The lowest BCUT2D eigenvalue weighted by atomic mass is 10.0. The minimum atomic E-state index is -0.741. The van der Waals surface area contributed by atoms with Crippen molar-refractivity contribution < 1.29 is 8.95 Å².